The van der Waals surface area contributed by atoms with Crippen molar-refractivity contribution in [2.24, 2.45) is 11.8 Å². The number of piperidine rings is 1. The Labute approximate surface area is 189 Å². The van der Waals surface area contributed by atoms with Crippen LogP contribution in [-0.4, -0.2) is 49.0 Å². The Morgan fingerprint density at radius 1 is 1.22 bits per heavy atom. The van der Waals surface area contributed by atoms with Gasteiger partial charge in [-0.2, -0.15) is 5.21 Å². The maximum Gasteiger partial charge on any atom is 0.223 e. The zero-order valence-electron chi connectivity index (χ0n) is 19.0. The third kappa shape index (κ3) is 3.50. The summed E-state index contributed by atoms with van der Waals surface area (Å²) >= 11 is 0. The predicted molar refractivity (Wildman–Crippen MR) is 122 cm³/mol. The van der Waals surface area contributed by atoms with Crippen LogP contribution in [0.4, 0.5) is 0 Å². The third-order valence-electron chi connectivity index (χ3n) is 8.45. The number of likely N-dealkylation sites (tertiary alicyclic amines) is 1. The number of allylic oxidation sites excluding steroid dienone is 2. The number of hydrogen-bond donors (Lipinski definition) is 2. The number of rotatable bonds is 5. The van der Waals surface area contributed by atoms with Crippen molar-refractivity contribution in [3.05, 3.63) is 34.9 Å². The highest BCUT2D eigenvalue weighted by Crippen LogP contribution is 2.48. The minimum absolute atomic E-state index is 0.236. The summed E-state index contributed by atoms with van der Waals surface area (Å²) in [5.41, 5.74) is 5.74. The molecule has 6 rings (SSSR count). The van der Waals surface area contributed by atoms with Crippen LogP contribution in [0.1, 0.15) is 99.2 Å². The summed E-state index contributed by atoms with van der Waals surface area (Å²) in [5.74, 6) is 2.92. The molecule has 4 aliphatic rings. The predicted octanol–water partition coefficient (Wildman–Crippen LogP) is 4.34. The second-order valence-corrected chi connectivity index (χ2v) is 10.4. The molecular weight excluding hydrogens is 400 g/mol. The van der Waals surface area contributed by atoms with Crippen molar-refractivity contribution in [3.8, 4) is 0 Å². The second kappa shape index (κ2) is 8.16. The Kier molecular flexibility index (Phi) is 5.15. The van der Waals surface area contributed by atoms with Crippen molar-refractivity contribution < 1.29 is 4.79 Å². The lowest BCUT2D eigenvalue weighted by Crippen LogP contribution is -2.51. The fraction of sp³-hybridized carbons (Fsp3) is 0.680. The van der Waals surface area contributed by atoms with Crippen molar-refractivity contribution in [1.29, 1.82) is 0 Å². The zero-order chi connectivity index (χ0) is 21.7. The molecule has 4 atom stereocenters. The van der Waals surface area contributed by atoms with Crippen LogP contribution in [0.2, 0.25) is 0 Å². The first-order chi connectivity index (χ1) is 15.7. The maximum atomic E-state index is 13.6. The first kappa shape index (κ1) is 20.2. The summed E-state index contributed by atoms with van der Waals surface area (Å²) in [6, 6.07) is 0.322. The molecule has 1 saturated heterocycles. The molecule has 3 heterocycles. The lowest BCUT2D eigenvalue weighted by atomic mass is 9.70. The number of nitrogens with one attached hydrogen (secondary N) is 2. The molecule has 2 N–H and O–H groups in total. The third-order valence-corrected chi connectivity index (χ3v) is 8.45. The molecule has 3 aliphatic carbocycles. The number of nitrogens with zero attached hydrogens (tertiary/aromatic N) is 4. The van der Waals surface area contributed by atoms with E-state index in [1.807, 2.05) is 0 Å². The van der Waals surface area contributed by atoms with E-state index in [2.05, 4.69) is 49.7 Å². The Morgan fingerprint density at radius 2 is 2.12 bits per heavy atom. The number of aryl methyl sites for hydroxylation is 1. The van der Waals surface area contributed by atoms with Gasteiger partial charge in [0, 0.05) is 42.4 Å². The lowest BCUT2D eigenvalue weighted by Gasteiger charge is -2.47. The Balaban J connectivity index is 1.19. The van der Waals surface area contributed by atoms with Gasteiger partial charge in [-0.25, -0.2) is 0 Å². The minimum Gasteiger partial charge on any atom is -0.364 e. The highest BCUT2D eigenvalue weighted by atomic mass is 16.2. The second-order valence-electron chi connectivity index (χ2n) is 10.4. The van der Waals surface area contributed by atoms with E-state index in [9.17, 15) is 4.79 Å². The number of amides is 1. The van der Waals surface area contributed by atoms with E-state index in [1.54, 1.807) is 5.57 Å². The molecule has 2 saturated carbocycles. The van der Waals surface area contributed by atoms with Crippen molar-refractivity contribution in [2.45, 2.75) is 89.0 Å². The number of aromatic nitrogens is 5. The van der Waals surface area contributed by atoms with E-state index in [4.69, 9.17) is 0 Å². The summed E-state index contributed by atoms with van der Waals surface area (Å²) in [4.78, 5) is 19.4. The zero-order valence-corrected chi connectivity index (χ0v) is 19.0. The molecule has 4 unspecified atom stereocenters. The summed E-state index contributed by atoms with van der Waals surface area (Å²) in [7, 11) is 0. The van der Waals surface area contributed by atoms with Crippen LogP contribution in [0, 0.1) is 11.8 Å². The van der Waals surface area contributed by atoms with Gasteiger partial charge < -0.3 is 9.88 Å². The number of tetrazole rings is 1. The van der Waals surface area contributed by atoms with Crippen LogP contribution in [-0.2, 0) is 11.2 Å². The van der Waals surface area contributed by atoms with Crippen molar-refractivity contribution in [1.82, 2.24) is 30.5 Å². The molecule has 3 fully saturated rings. The van der Waals surface area contributed by atoms with Gasteiger partial charge in [-0.15, -0.1) is 10.2 Å². The molecule has 0 spiro atoms. The topological polar surface area (TPSA) is 90.6 Å². The summed E-state index contributed by atoms with van der Waals surface area (Å²) in [6.45, 7) is 3.13. The monoisotopic (exact) mass is 434 g/mol. The van der Waals surface area contributed by atoms with Crippen molar-refractivity contribution in [2.75, 3.05) is 6.54 Å². The summed E-state index contributed by atoms with van der Waals surface area (Å²) in [6.07, 6.45) is 15.7. The van der Waals surface area contributed by atoms with E-state index >= 15 is 0 Å². The molecule has 0 bridgehead atoms. The van der Waals surface area contributed by atoms with Crippen LogP contribution in [0.15, 0.2) is 12.3 Å². The first-order valence-electron chi connectivity index (χ1n) is 12.6. The first-order valence-corrected chi connectivity index (χ1v) is 12.6. The largest absolute Gasteiger partial charge is 0.364 e. The Bertz CT molecular complexity index is 1000. The Hall–Kier alpha value is -2.44. The van der Waals surface area contributed by atoms with E-state index in [0.717, 1.165) is 63.2 Å². The van der Waals surface area contributed by atoms with Gasteiger partial charge in [-0.3, -0.25) is 4.79 Å². The van der Waals surface area contributed by atoms with Crippen molar-refractivity contribution >= 4 is 11.5 Å². The molecule has 170 valence electrons. The van der Waals surface area contributed by atoms with E-state index < -0.39 is 0 Å². The normalized spacial score (nSPS) is 28.6. The highest BCUT2D eigenvalue weighted by molar-refractivity contribution is 5.79. The van der Waals surface area contributed by atoms with E-state index in [1.165, 1.54) is 29.7 Å². The molecule has 7 heteroatoms. The van der Waals surface area contributed by atoms with Gasteiger partial charge in [0.05, 0.1) is 0 Å². The molecule has 1 aliphatic heterocycles. The lowest BCUT2D eigenvalue weighted by molar-refractivity contribution is -0.138. The molecule has 2 aromatic rings. The van der Waals surface area contributed by atoms with Crippen molar-refractivity contribution in [3.63, 3.8) is 0 Å². The van der Waals surface area contributed by atoms with Crippen LogP contribution >= 0.6 is 0 Å². The fourth-order valence-corrected chi connectivity index (χ4v) is 6.78. The molecule has 7 nitrogen and oxygen atoms in total. The average Bonchev–Trinajstić information content (AvgIpc) is 3.33. The number of hydrogen-bond acceptors (Lipinski definition) is 4. The quantitative estimate of drug-likeness (QED) is 0.733. The fourth-order valence-electron chi connectivity index (χ4n) is 6.78. The molecular formula is C25H34N6O. The van der Waals surface area contributed by atoms with Gasteiger partial charge in [0.1, 0.15) is 0 Å². The summed E-state index contributed by atoms with van der Waals surface area (Å²) in [5, 5.41) is 15.0. The molecule has 0 aromatic carbocycles. The van der Waals surface area contributed by atoms with E-state index in [0.29, 0.717) is 30.2 Å². The highest BCUT2D eigenvalue weighted by Gasteiger charge is 2.43. The average molecular weight is 435 g/mol. The van der Waals surface area contributed by atoms with Crippen LogP contribution < -0.4 is 0 Å². The SMILES string of the molecule is CC(CC(=O)N1CCCC2C(c3nn[nH]n3)CCCC21)c1c[nH]c2c1C(C1CC1)=CCC2. The maximum absolute atomic E-state index is 13.6. The number of H-pyrrole nitrogens is 2. The molecule has 32 heavy (non-hydrogen) atoms. The smallest absolute Gasteiger partial charge is 0.223 e. The van der Waals surface area contributed by atoms with Gasteiger partial charge in [-0.1, -0.05) is 24.6 Å². The standard InChI is InChI=1S/C25H34N6O/c1-15(20-14-26-21-8-2-5-17(24(20)21)16-10-11-16)13-23(32)31-12-4-7-18-19(6-3-9-22(18)31)25-27-29-30-28-25/h5,14-16,18-19,22,26H,2-4,6-13H2,1H3,(H,27,28,29,30). The minimum atomic E-state index is 0.236. The molecule has 0 radical (unpaired) electrons. The number of aromatic amines is 2. The van der Waals surface area contributed by atoms with E-state index in [-0.39, 0.29) is 5.92 Å². The number of carbonyl (C=O) groups is 1. The molecule has 1 amide bonds. The summed E-state index contributed by atoms with van der Waals surface area (Å²) < 4.78 is 0. The van der Waals surface area contributed by atoms with Gasteiger partial charge in [0.15, 0.2) is 5.82 Å². The van der Waals surface area contributed by atoms with Gasteiger partial charge in [0.25, 0.3) is 0 Å². The Morgan fingerprint density at radius 3 is 2.94 bits per heavy atom. The van der Waals surface area contributed by atoms with Gasteiger partial charge in [-0.05, 0) is 80.3 Å². The van der Waals surface area contributed by atoms with Crippen LogP contribution in [0.3, 0.4) is 0 Å². The molecule has 2 aromatic heterocycles. The number of carbonyl (C=O) groups excluding carboxylic acids is 1. The number of fused-ring (bicyclic) bond motifs is 2. The van der Waals surface area contributed by atoms with Gasteiger partial charge >= 0.3 is 0 Å². The van der Waals surface area contributed by atoms with Gasteiger partial charge in [0.2, 0.25) is 5.91 Å². The van der Waals surface area contributed by atoms with Crippen LogP contribution in [0.5, 0.6) is 0 Å². The van der Waals surface area contributed by atoms with Crippen LogP contribution in [0.25, 0.3) is 5.57 Å².